The molecule has 2 aromatic carbocycles. The Bertz CT molecular complexity index is 822. The van der Waals surface area contributed by atoms with Gasteiger partial charge in [0.25, 0.3) is 5.91 Å². The Morgan fingerprint density at radius 2 is 2.04 bits per heavy atom. The van der Waals surface area contributed by atoms with Crippen molar-refractivity contribution >= 4 is 12.0 Å². The van der Waals surface area contributed by atoms with E-state index in [0.29, 0.717) is 25.3 Å². The Labute approximate surface area is 163 Å². The summed E-state index contributed by atoms with van der Waals surface area (Å²) in [6, 6.07) is 13.8. The zero-order valence-electron chi connectivity index (χ0n) is 15.8. The molecule has 0 bridgehead atoms. The molecule has 7 heteroatoms. The van der Waals surface area contributed by atoms with Crippen LogP contribution in [0.1, 0.15) is 21.5 Å². The number of rotatable bonds is 5. The fourth-order valence-corrected chi connectivity index (χ4v) is 2.97. The van der Waals surface area contributed by atoms with Crippen LogP contribution in [0.3, 0.4) is 0 Å². The molecule has 2 N–H and O–H groups in total. The molecule has 0 spiro atoms. The molecule has 2 amide bonds. The Balaban J connectivity index is 1.46. The second-order valence-corrected chi connectivity index (χ2v) is 6.74. The monoisotopic (exact) mass is 384 g/mol. The third kappa shape index (κ3) is 5.47. The van der Waals surface area contributed by atoms with E-state index >= 15 is 0 Å². The number of aryl methyl sites for hydroxylation is 1. The molecule has 1 heterocycles. The summed E-state index contributed by atoms with van der Waals surface area (Å²) in [4.78, 5) is 26.1. The largest absolute Gasteiger partial charge is 0.508 e. The van der Waals surface area contributed by atoms with Crippen molar-refractivity contribution in [1.29, 1.82) is 0 Å². The highest BCUT2D eigenvalue weighted by Gasteiger charge is 2.25. The van der Waals surface area contributed by atoms with Crippen LogP contribution in [0.5, 0.6) is 5.75 Å². The molecule has 1 fully saturated rings. The third-order valence-electron chi connectivity index (χ3n) is 4.46. The first kappa shape index (κ1) is 19.7. The van der Waals surface area contributed by atoms with Gasteiger partial charge in [0.15, 0.2) is 0 Å². The van der Waals surface area contributed by atoms with Crippen LogP contribution in [0.25, 0.3) is 0 Å². The Morgan fingerprint density at radius 3 is 2.79 bits per heavy atom. The van der Waals surface area contributed by atoms with Crippen molar-refractivity contribution in [3.63, 3.8) is 0 Å². The lowest BCUT2D eigenvalue weighted by Gasteiger charge is -2.32. The fraction of sp³-hybridized carbons (Fsp3) is 0.333. The van der Waals surface area contributed by atoms with E-state index in [2.05, 4.69) is 5.32 Å². The Morgan fingerprint density at radius 1 is 1.25 bits per heavy atom. The zero-order valence-corrected chi connectivity index (χ0v) is 15.8. The van der Waals surface area contributed by atoms with Crippen LogP contribution in [0.15, 0.2) is 48.5 Å². The van der Waals surface area contributed by atoms with Crippen LogP contribution < -0.4 is 5.32 Å². The van der Waals surface area contributed by atoms with Crippen LogP contribution in [0, 0.1) is 6.92 Å². The van der Waals surface area contributed by atoms with Crippen LogP contribution in [-0.2, 0) is 16.1 Å². The summed E-state index contributed by atoms with van der Waals surface area (Å²) in [6.45, 7) is 3.68. The van der Waals surface area contributed by atoms with Gasteiger partial charge in [-0.05, 0) is 36.8 Å². The van der Waals surface area contributed by atoms with Gasteiger partial charge in [-0.25, -0.2) is 4.79 Å². The van der Waals surface area contributed by atoms with Crippen LogP contribution in [0.2, 0.25) is 0 Å². The average Bonchev–Trinajstić information content (AvgIpc) is 2.71. The molecule has 3 rings (SSSR count). The van der Waals surface area contributed by atoms with Crippen molar-refractivity contribution in [3.05, 3.63) is 65.2 Å². The molecular weight excluding hydrogens is 360 g/mol. The van der Waals surface area contributed by atoms with E-state index in [9.17, 15) is 14.7 Å². The van der Waals surface area contributed by atoms with Gasteiger partial charge in [-0.1, -0.05) is 29.8 Å². The molecule has 28 heavy (non-hydrogen) atoms. The van der Waals surface area contributed by atoms with Crippen molar-refractivity contribution in [1.82, 2.24) is 10.2 Å². The topological polar surface area (TPSA) is 88.1 Å². The molecule has 2 aromatic rings. The number of amides is 2. The summed E-state index contributed by atoms with van der Waals surface area (Å²) in [5, 5.41) is 12.1. The normalized spacial score (nSPS) is 16.5. The van der Waals surface area contributed by atoms with E-state index in [1.54, 1.807) is 17.0 Å². The first-order chi connectivity index (χ1) is 13.5. The van der Waals surface area contributed by atoms with E-state index in [-0.39, 0.29) is 37.0 Å². The second kappa shape index (κ2) is 9.23. The molecule has 1 atom stereocenters. The molecule has 0 saturated carbocycles. The number of ether oxygens (including phenoxy) is 2. The predicted octanol–water partition coefficient (Wildman–Crippen LogP) is 2.47. The van der Waals surface area contributed by atoms with Gasteiger partial charge in [0.05, 0.1) is 19.3 Å². The molecule has 148 valence electrons. The molecule has 0 radical (unpaired) electrons. The summed E-state index contributed by atoms with van der Waals surface area (Å²) >= 11 is 0. The van der Waals surface area contributed by atoms with Crippen LogP contribution in [-0.4, -0.2) is 54.4 Å². The summed E-state index contributed by atoms with van der Waals surface area (Å²) in [6.07, 6.45) is -0.694. The number of phenolic OH excluding ortho intramolecular Hbond substituents is 1. The molecule has 0 unspecified atom stereocenters. The Hall–Kier alpha value is -3.06. The second-order valence-electron chi connectivity index (χ2n) is 6.74. The van der Waals surface area contributed by atoms with E-state index in [0.717, 1.165) is 11.1 Å². The molecule has 1 saturated heterocycles. The summed E-state index contributed by atoms with van der Waals surface area (Å²) in [7, 11) is 0. The molecule has 1 aliphatic heterocycles. The first-order valence-corrected chi connectivity index (χ1v) is 9.17. The SMILES string of the molecule is Cc1cccc(COC(=O)N2CCO[C@H](CNC(=O)c3ccc(O)cc3)C2)c1. The number of carbonyl (C=O) groups excluding carboxylic acids is 2. The number of benzene rings is 2. The number of aromatic hydroxyl groups is 1. The average molecular weight is 384 g/mol. The van der Waals surface area contributed by atoms with Crippen molar-refractivity contribution < 1.29 is 24.2 Å². The highest BCUT2D eigenvalue weighted by atomic mass is 16.6. The smallest absolute Gasteiger partial charge is 0.410 e. The van der Waals surface area contributed by atoms with Gasteiger partial charge >= 0.3 is 6.09 Å². The van der Waals surface area contributed by atoms with Crippen molar-refractivity contribution in [2.75, 3.05) is 26.2 Å². The van der Waals surface area contributed by atoms with E-state index in [1.807, 2.05) is 31.2 Å². The van der Waals surface area contributed by atoms with Crippen molar-refractivity contribution in [3.8, 4) is 5.75 Å². The summed E-state index contributed by atoms with van der Waals surface area (Å²) in [5.41, 5.74) is 2.51. The van der Waals surface area contributed by atoms with Crippen LogP contribution >= 0.6 is 0 Å². The maximum atomic E-state index is 12.3. The number of phenols is 1. The number of nitrogens with one attached hydrogen (secondary N) is 1. The van der Waals surface area contributed by atoms with E-state index in [1.165, 1.54) is 12.1 Å². The molecule has 0 aromatic heterocycles. The summed E-state index contributed by atoms with van der Waals surface area (Å²) < 4.78 is 11.0. The number of hydrogen-bond acceptors (Lipinski definition) is 5. The number of morpholine rings is 1. The fourth-order valence-electron chi connectivity index (χ4n) is 2.97. The lowest BCUT2D eigenvalue weighted by atomic mass is 10.1. The quantitative estimate of drug-likeness (QED) is 0.827. The zero-order chi connectivity index (χ0) is 19.9. The van der Waals surface area contributed by atoms with Gasteiger partial charge in [-0.15, -0.1) is 0 Å². The molecule has 1 aliphatic rings. The van der Waals surface area contributed by atoms with Crippen LogP contribution in [0.4, 0.5) is 4.79 Å². The molecular formula is C21H24N2O5. The first-order valence-electron chi connectivity index (χ1n) is 9.17. The third-order valence-corrected chi connectivity index (χ3v) is 4.46. The number of hydrogen-bond donors (Lipinski definition) is 2. The van der Waals surface area contributed by atoms with Crippen molar-refractivity contribution in [2.45, 2.75) is 19.6 Å². The minimum atomic E-state index is -0.389. The van der Waals surface area contributed by atoms with Gasteiger partial charge < -0.3 is 24.8 Å². The highest BCUT2D eigenvalue weighted by Crippen LogP contribution is 2.11. The molecule has 7 nitrogen and oxygen atoms in total. The highest BCUT2D eigenvalue weighted by molar-refractivity contribution is 5.94. The summed E-state index contributed by atoms with van der Waals surface area (Å²) in [5.74, 6) is -0.158. The van der Waals surface area contributed by atoms with Gasteiger partial charge in [-0.2, -0.15) is 0 Å². The lowest BCUT2D eigenvalue weighted by molar-refractivity contribution is -0.0263. The maximum Gasteiger partial charge on any atom is 0.410 e. The van der Waals surface area contributed by atoms with Gasteiger partial charge in [-0.3, -0.25) is 4.79 Å². The minimum Gasteiger partial charge on any atom is -0.508 e. The van der Waals surface area contributed by atoms with Gasteiger partial charge in [0, 0.05) is 18.7 Å². The number of nitrogens with zero attached hydrogens (tertiary/aromatic N) is 1. The minimum absolute atomic E-state index is 0.104. The van der Waals surface area contributed by atoms with E-state index < -0.39 is 0 Å². The van der Waals surface area contributed by atoms with Crippen molar-refractivity contribution in [2.24, 2.45) is 0 Å². The lowest BCUT2D eigenvalue weighted by Crippen LogP contribution is -2.49. The standard InChI is InChI=1S/C21H24N2O5/c1-15-3-2-4-16(11-15)14-28-21(26)23-9-10-27-19(13-23)12-22-20(25)17-5-7-18(24)8-6-17/h2-8,11,19,24H,9-10,12-14H2,1H3,(H,22,25)/t19-/m1/s1. The number of carbonyl (C=O) groups is 2. The van der Waals surface area contributed by atoms with E-state index in [4.69, 9.17) is 9.47 Å². The maximum absolute atomic E-state index is 12.3. The van der Waals surface area contributed by atoms with Gasteiger partial charge in [0.1, 0.15) is 12.4 Å². The predicted molar refractivity (Wildman–Crippen MR) is 103 cm³/mol. The molecule has 0 aliphatic carbocycles. The Kier molecular flexibility index (Phi) is 6.49. The van der Waals surface area contributed by atoms with Gasteiger partial charge in [0.2, 0.25) is 0 Å².